The number of nitrogens with two attached hydrogens (primary N) is 1. The second kappa shape index (κ2) is 6.29. The molecule has 0 aliphatic heterocycles. The van der Waals surface area contributed by atoms with Crippen LogP contribution >= 0.6 is 11.8 Å². The van der Waals surface area contributed by atoms with E-state index in [1.807, 2.05) is 6.92 Å². The first-order valence-electron chi connectivity index (χ1n) is 9.41. The smallest absolute Gasteiger partial charge is 0.230 e. The molecule has 8 heteroatoms. The van der Waals surface area contributed by atoms with Gasteiger partial charge in [-0.3, -0.25) is 4.79 Å². The lowest BCUT2D eigenvalue weighted by molar-refractivity contribution is -0.120. The Balaban J connectivity index is 1.38. The van der Waals surface area contributed by atoms with Gasteiger partial charge < -0.3 is 15.6 Å². The summed E-state index contributed by atoms with van der Waals surface area (Å²) in [6.45, 7) is 8.87. The van der Waals surface area contributed by atoms with Gasteiger partial charge in [0.2, 0.25) is 11.1 Å². The van der Waals surface area contributed by atoms with E-state index in [0.717, 1.165) is 17.7 Å². The Labute approximate surface area is 163 Å². The molecule has 0 saturated heterocycles. The fourth-order valence-corrected chi connectivity index (χ4v) is 5.63. The first-order chi connectivity index (χ1) is 12.7. The van der Waals surface area contributed by atoms with E-state index in [-0.39, 0.29) is 28.5 Å². The topological polar surface area (TPSA) is 99.0 Å². The van der Waals surface area contributed by atoms with Crippen molar-refractivity contribution in [3.8, 4) is 11.4 Å². The van der Waals surface area contributed by atoms with Crippen molar-refractivity contribution in [1.29, 1.82) is 0 Å². The molecule has 27 heavy (non-hydrogen) atoms. The van der Waals surface area contributed by atoms with Crippen molar-refractivity contribution >= 4 is 17.7 Å². The normalized spacial score (nSPS) is 28.6. The predicted molar refractivity (Wildman–Crippen MR) is 104 cm³/mol. The van der Waals surface area contributed by atoms with Crippen molar-refractivity contribution in [2.45, 2.75) is 58.2 Å². The molecule has 0 spiro atoms. The SMILES string of the molecule is Cc1occc1-c1nnc(SCC(=O)NC2CC3CCC2(C)C3(C)C)n1N. The van der Waals surface area contributed by atoms with Crippen LogP contribution in [0, 0.1) is 23.7 Å². The highest BCUT2D eigenvalue weighted by atomic mass is 32.2. The molecule has 1 amide bonds. The summed E-state index contributed by atoms with van der Waals surface area (Å²) in [5.41, 5.74) is 1.27. The summed E-state index contributed by atoms with van der Waals surface area (Å²) in [5.74, 6) is 8.39. The van der Waals surface area contributed by atoms with Crippen LogP contribution < -0.4 is 11.2 Å². The summed E-state index contributed by atoms with van der Waals surface area (Å²) >= 11 is 1.30. The minimum atomic E-state index is 0.0265. The van der Waals surface area contributed by atoms with E-state index in [4.69, 9.17) is 10.3 Å². The van der Waals surface area contributed by atoms with Gasteiger partial charge in [-0.15, -0.1) is 10.2 Å². The molecule has 3 N–H and O–H groups in total. The third-order valence-corrected chi connectivity index (χ3v) is 8.17. The van der Waals surface area contributed by atoms with E-state index in [1.54, 1.807) is 12.3 Å². The zero-order valence-corrected chi connectivity index (χ0v) is 17.1. The van der Waals surface area contributed by atoms with E-state index < -0.39 is 0 Å². The zero-order chi connectivity index (χ0) is 19.4. The molecule has 7 nitrogen and oxygen atoms in total. The second-order valence-corrected chi connectivity index (χ2v) is 9.53. The number of rotatable bonds is 5. The number of amides is 1. The van der Waals surface area contributed by atoms with E-state index in [9.17, 15) is 4.79 Å². The maximum atomic E-state index is 12.6. The number of thioether (sulfide) groups is 1. The van der Waals surface area contributed by atoms with E-state index in [0.29, 0.717) is 16.9 Å². The molecule has 2 aromatic rings. The monoisotopic (exact) mass is 389 g/mol. The van der Waals surface area contributed by atoms with E-state index in [2.05, 4.69) is 36.3 Å². The third-order valence-electron chi connectivity index (χ3n) is 7.23. The largest absolute Gasteiger partial charge is 0.469 e. The van der Waals surface area contributed by atoms with Gasteiger partial charge in [-0.25, -0.2) is 4.68 Å². The summed E-state index contributed by atoms with van der Waals surface area (Å²) in [6.07, 6.45) is 5.14. The van der Waals surface area contributed by atoms with Crippen molar-refractivity contribution in [2.75, 3.05) is 11.6 Å². The molecule has 146 valence electrons. The number of aryl methyl sites for hydroxylation is 1. The van der Waals surface area contributed by atoms with Crippen LogP contribution in [0.5, 0.6) is 0 Å². The van der Waals surface area contributed by atoms with Crippen molar-refractivity contribution in [1.82, 2.24) is 20.2 Å². The number of carbonyl (C=O) groups is 1. The van der Waals surface area contributed by atoms with E-state index >= 15 is 0 Å². The van der Waals surface area contributed by atoms with Crippen LogP contribution in [0.4, 0.5) is 0 Å². The van der Waals surface area contributed by atoms with Crippen LogP contribution in [-0.2, 0) is 4.79 Å². The number of carbonyl (C=O) groups excluding carboxylic acids is 1. The number of fused-ring (bicyclic) bond motifs is 2. The molecular formula is C19H27N5O2S. The average Bonchev–Trinajstić information content (AvgIpc) is 3.29. The van der Waals surface area contributed by atoms with Crippen molar-refractivity contribution in [2.24, 2.45) is 16.7 Å². The minimum absolute atomic E-state index is 0.0265. The molecule has 3 atom stereocenters. The van der Waals surface area contributed by atoms with Gasteiger partial charge >= 0.3 is 0 Å². The highest BCUT2D eigenvalue weighted by Gasteiger charge is 2.61. The molecule has 2 heterocycles. The number of hydrogen-bond acceptors (Lipinski definition) is 6. The lowest BCUT2D eigenvalue weighted by Crippen LogP contribution is -2.47. The number of nitrogens with one attached hydrogen (secondary N) is 1. The molecule has 2 bridgehead atoms. The van der Waals surface area contributed by atoms with Gasteiger partial charge in [0, 0.05) is 6.04 Å². The molecule has 2 saturated carbocycles. The molecular weight excluding hydrogens is 362 g/mol. The first kappa shape index (κ1) is 18.4. The number of nitrogens with zero attached hydrogens (tertiary/aromatic N) is 3. The van der Waals surface area contributed by atoms with Crippen LogP contribution in [-0.4, -0.2) is 32.6 Å². The van der Waals surface area contributed by atoms with Gasteiger partial charge in [0.05, 0.1) is 17.6 Å². The van der Waals surface area contributed by atoms with Gasteiger partial charge in [0.1, 0.15) is 5.76 Å². The summed E-state index contributed by atoms with van der Waals surface area (Å²) < 4.78 is 6.71. The molecule has 2 aliphatic carbocycles. The Morgan fingerprint density at radius 1 is 1.44 bits per heavy atom. The predicted octanol–water partition coefficient (Wildman–Crippen LogP) is 2.98. The Morgan fingerprint density at radius 2 is 2.22 bits per heavy atom. The Hall–Kier alpha value is -1.96. The highest BCUT2D eigenvalue weighted by molar-refractivity contribution is 7.99. The number of nitrogen functional groups attached to an aromatic ring is 1. The van der Waals surface area contributed by atoms with Crippen LogP contribution in [0.1, 0.15) is 45.8 Å². The summed E-state index contributed by atoms with van der Waals surface area (Å²) in [6, 6.07) is 2.06. The van der Waals surface area contributed by atoms with Crippen LogP contribution in [0.15, 0.2) is 21.9 Å². The number of furan rings is 1. The minimum Gasteiger partial charge on any atom is -0.469 e. The van der Waals surface area contributed by atoms with Crippen molar-refractivity contribution in [3.05, 3.63) is 18.1 Å². The lowest BCUT2D eigenvalue weighted by atomic mass is 9.69. The molecule has 3 unspecified atom stereocenters. The molecule has 0 aromatic carbocycles. The number of aromatic nitrogens is 3. The first-order valence-corrected chi connectivity index (χ1v) is 10.4. The molecule has 0 radical (unpaired) electrons. The fraction of sp³-hybridized carbons (Fsp3) is 0.632. The maximum absolute atomic E-state index is 12.6. The summed E-state index contributed by atoms with van der Waals surface area (Å²) in [4.78, 5) is 12.6. The maximum Gasteiger partial charge on any atom is 0.230 e. The second-order valence-electron chi connectivity index (χ2n) is 8.59. The Morgan fingerprint density at radius 3 is 2.81 bits per heavy atom. The summed E-state index contributed by atoms with van der Waals surface area (Å²) in [5, 5.41) is 12.0. The average molecular weight is 390 g/mol. The highest BCUT2D eigenvalue weighted by Crippen LogP contribution is 2.65. The van der Waals surface area contributed by atoms with Gasteiger partial charge in [-0.05, 0) is 49.0 Å². The van der Waals surface area contributed by atoms with Gasteiger partial charge in [-0.2, -0.15) is 0 Å². The van der Waals surface area contributed by atoms with Gasteiger partial charge in [-0.1, -0.05) is 32.5 Å². The van der Waals surface area contributed by atoms with Crippen LogP contribution in [0.3, 0.4) is 0 Å². The van der Waals surface area contributed by atoms with Crippen molar-refractivity contribution < 1.29 is 9.21 Å². The van der Waals surface area contributed by atoms with Crippen LogP contribution in [0.2, 0.25) is 0 Å². The fourth-order valence-electron chi connectivity index (χ4n) is 4.96. The molecule has 2 aromatic heterocycles. The Kier molecular flexibility index (Phi) is 4.29. The van der Waals surface area contributed by atoms with E-state index in [1.165, 1.54) is 29.3 Å². The van der Waals surface area contributed by atoms with Gasteiger partial charge in [0.25, 0.3) is 0 Å². The zero-order valence-electron chi connectivity index (χ0n) is 16.3. The molecule has 2 aliphatic rings. The summed E-state index contributed by atoms with van der Waals surface area (Å²) in [7, 11) is 0. The van der Waals surface area contributed by atoms with Crippen molar-refractivity contribution in [3.63, 3.8) is 0 Å². The third kappa shape index (κ3) is 2.76. The quantitative estimate of drug-likeness (QED) is 0.602. The van der Waals surface area contributed by atoms with Crippen LogP contribution in [0.25, 0.3) is 11.4 Å². The Bertz CT molecular complexity index is 873. The molecule has 4 rings (SSSR count). The molecule has 2 fully saturated rings. The van der Waals surface area contributed by atoms with Gasteiger partial charge in [0.15, 0.2) is 5.82 Å². The standard InChI is InChI=1S/C19H27N5O2S/c1-11-13(6-8-26-11)16-22-23-17(24(16)20)27-10-15(25)21-14-9-12-5-7-19(14,4)18(12,2)3/h6,8,12,14H,5,7,9-10,20H2,1-4H3,(H,21,25). The number of hydrogen-bond donors (Lipinski definition) is 2. The lowest BCUT2D eigenvalue weighted by Gasteiger charge is -2.39.